The van der Waals surface area contributed by atoms with E-state index < -0.39 is 0 Å². The van der Waals surface area contributed by atoms with Gasteiger partial charge in [-0.15, -0.1) is 0 Å². The Morgan fingerprint density at radius 3 is 2.29 bits per heavy atom. The van der Waals surface area contributed by atoms with Crippen LogP contribution in [0.25, 0.3) is 6.08 Å². The van der Waals surface area contributed by atoms with Crippen molar-refractivity contribution >= 4 is 6.08 Å². The molecule has 0 saturated carbocycles. The van der Waals surface area contributed by atoms with E-state index in [1.54, 1.807) is 14.2 Å². The summed E-state index contributed by atoms with van der Waals surface area (Å²) in [5, 5.41) is 3.63. The van der Waals surface area contributed by atoms with Crippen LogP contribution in [-0.4, -0.2) is 20.8 Å². The predicted molar refractivity (Wildman–Crippen MR) is 151 cm³/mol. The third-order valence-electron chi connectivity index (χ3n) is 6.68. The first-order valence-corrected chi connectivity index (χ1v) is 12.9. The van der Waals surface area contributed by atoms with Gasteiger partial charge in [0.1, 0.15) is 24.7 Å². The van der Waals surface area contributed by atoms with Crippen molar-refractivity contribution in [2.45, 2.75) is 25.7 Å². The van der Waals surface area contributed by atoms with Gasteiger partial charge in [0.15, 0.2) is 11.5 Å². The van der Waals surface area contributed by atoms with Crippen molar-refractivity contribution in [3.05, 3.63) is 125 Å². The van der Waals surface area contributed by atoms with Gasteiger partial charge < -0.3 is 24.3 Å². The quantitative estimate of drug-likeness (QED) is 0.257. The van der Waals surface area contributed by atoms with Crippen LogP contribution in [0.1, 0.15) is 33.9 Å². The van der Waals surface area contributed by atoms with Crippen molar-refractivity contribution in [3.63, 3.8) is 0 Å². The second-order valence-corrected chi connectivity index (χ2v) is 9.19. The molecular weight excluding hydrogens is 474 g/mol. The molecule has 1 unspecified atom stereocenters. The molecule has 0 aromatic heterocycles. The minimum atomic E-state index is 0.0712. The van der Waals surface area contributed by atoms with Gasteiger partial charge in [0.25, 0.3) is 0 Å². The zero-order valence-corrected chi connectivity index (χ0v) is 21.9. The van der Waals surface area contributed by atoms with Crippen LogP contribution < -0.4 is 24.3 Å². The molecular formula is C33H33NO4. The molecule has 0 radical (unpaired) electrons. The second kappa shape index (κ2) is 12.3. The van der Waals surface area contributed by atoms with E-state index in [1.165, 1.54) is 11.1 Å². The van der Waals surface area contributed by atoms with E-state index in [0.29, 0.717) is 13.2 Å². The van der Waals surface area contributed by atoms with Gasteiger partial charge in [0.05, 0.1) is 20.3 Å². The summed E-state index contributed by atoms with van der Waals surface area (Å²) >= 11 is 0. The molecule has 5 nitrogen and oxygen atoms in total. The zero-order chi connectivity index (χ0) is 26.2. The highest BCUT2D eigenvalue weighted by molar-refractivity contribution is 5.56. The van der Waals surface area contributed by atoms with E-state index >= 15 is 0 Å². The molecule has 38 heavy (non-hydrogen) atoms. The molecule has 1 aliphatic heterocycles. The van der Waals surface area contributed by atoms with Crippen LogP contribution in [-0.2, 0) is 19.6 Å². The fourth-order valence-corrected chi connectivity index (χ4v) is 4.68. The molecule has 194 valence electrons. The van der Waals surface area contributed by atoms with E-state index in [1.807, 2.05) is 54.6 Å². The molecule has 1 aliphatic rings. The van der Waals surface area contributed by atoms with E-state index in [2.05, 4.69) is 53.9 Å². The van der Waals surface area contributed by atoms with Crippen LogP contribution in [0.5, 0.6) is 23.0 Å². The number of methoxy groups -OCH3 is 2. The Balaban J connectivity index is 1.33. The number of ether oxygens (including phenoxy) is 4. The zero-order valence-electron chi connectivity index (χ0n) is 21.9. The molecule has 5 heteroatoms. The smallest absolute Gasteiger partial charge is 0.161 e. The number of fused-ring (bicyclic) bond motifs is 1. The Morgan fingerprint density at radius 2 is 1.53 bits per heavy atom. The first-order valence-electron chi connectivity index (χ1n) is 12.9. The summed E-state index contributed by atoms with van der Waals surface area (Å²) in [5.74, 6) is 3.16. The first-order chi connectivity index (χ1) is 18.7. The Kier molecular flexibility index (Phi) is 8.26. The molecule has 0 bridgehead atoms. The Bertz CT molecular complexity index is 1370. The Hall–Kier alpha value is -4.22. The number of nitrogens with one attached hydrogen (secondary N) is 1. The third-order valence-corrected chi connectivity index (χ3v) is 6.68. The molecule has 4 aromatic rings. The lowest BCUT2D eigenvalue weighted by Crippen LogP contribution is -2.28. The molecule has 4 aromatic carbocycles. The standard InChI is InChI=1S/C33H33NO4/c1-35-31-16-14-24(19-27(31)23-37-28-11-7-4-8-12-28)13-15-30-29-21-32(36-2)33(20-26(29)17-18-34-30)38-22-25-9-5-3-6-10-25/h3-16,19-21,30,34H,17-18,22-23H2,1-2H3. The fourth-order valence-electron chi connectivity index (χ4n) is 4.68. The summed E-state index contributed by atoms with van der Waals surface area (Å²) in [6.07, 6.45) is 5.28. The van der Waals surface area contributed by atoms with Crippen molar-refractivity contribution < 1.29 is 18.9 Å². The van der Waals surface area contributed by atoms with Crippen molar-refractivity contribution in [3.8, 4) is 23.0 Å². The van der Waals surface area contributed by atoms with Crippen LogP contribution >= 0.6 is 0 Å². The van der Waals surface area contributed by atoms with E-state index in [-0.39, 0.29) is 6.04 Å². The number of hydrogen-bond donors (Lipinski definition) is 1. The summed E-state index contributed by atoms with van der Waals surface area (Å²) in [4.78, 5) is 0. The predicted octanol–water partition coefficient (Wildman–Crippen LogP) is 6.76. The van der Waals surface area contributed by atoms with E-state index in [9.17, 15) is 0 Å². The maximum atomic E-state index is 6.15. The lowest BCUT2D eigenvalue weighted by Gasteiger charge is -2.26. The Labute approximate surface area is 224 Å². The summed E-state index contributed by atoms with van der Waals surface area (Å²) in [7, 11) is 3.37. The lowest BCUT2D eigenvalue weighted by atomic mass is 9.93. The van der Waals surface area contributed by atoms with E-state index in [0.717, 1.165) is 52.7 Å². The van der Waals surface area contributed by atoms with Gasteiger partial charge in [-0.05, 0) is 65.1 Å². The van der Waals surface area contributed by atoms with Gasteiger partial charge in [-0.1, -0.05) is 66.7 Å². The first kappa shape index (κ1) is 25.4. The van der Waals surface area contributed by atoms with Gasteiger partial charge >= 0.3 is 0 Å². The summed E-state index contributed by atoms with van der Waals surface area (Å²) in [5.41, 5.74) is 5.69. The number of rotatable bonds is 10. The van der Waals surface area contributed by atoms with Crippen molar-refractivity contribution in [2.24, 2.45) is 0 Å². The molecule has 1 atom stereocenters. The average molecular weight is 508 g/mol. The van der Waals surface area contributed by atoms with Gasteiger partial charge in [-0.2, -0.15) is 0 Å². The minimum absolute atomic E-state index is 0.0712. The number of para-hydroxylation sites is 1. The normalized spacial score (nSPS) is 14.6. The lowest BCUT2D eigenvalue weighted by molar-refractivity contribution is 0.283. The number of hydrogen-bond acceptors (Lipinski definition) is 5. The minimum Gasteiger partial charge on any atom is -0.496 e. The van der Waals surface area contributed by atoms with Crippen LogP contribution in [0.3, 0.4) is 0 Å². The highest BCUT2D eigenvalue weighted by Crippen LogP contribution is 2.36. The van der Waals surface area contributed by atoms with Crippen molar-refractivity contribution in [1.29, 1.82) is 0 Å². The fraction of sp³-hybridized carbons (Fsp3) is 0.212. The monoisotopic (exact) mass is 507 g/mol. The second-order valence-electron chi connectivity index (χ2n) is 9.19. The van der Waals surface area contributed by atoms with Crippen molar-refractivity contribution in [1.82, 2.24) is 5.32 Å². The molecule has 1 heterocycles. The van der Waals surface area contributed by atoms with Gasteiger partial charge in [-0.3, -0.25) is 0 Å². The molecule has 5 rings (SSSR count). The maximum Gasteiger partial charge on any atom is 0.161 e. The molecule has 0 amide bonds. The van der Waals surface area contributed by atoms with Crippen LogP contribution in [0.4, 0.5) is 0 Å². The van der Waals surface area contributed by atoms with Crippen LogP contribution in [0.2, 0.25) is 0 Å². The van der Waals surface area contributed by atoms with Crippen LogP contribution in [0, 0.1) is 0 Å². The summed E-state index contributed by atoms with van der Waals surface area (Å²) < 4.78 is 23.4. The molecule has 0 aliphatic carbocycles. The molecule has 0 saturated heterocycles. The largest absolute Gasteiger partial charge is 0.496 e. The van der Waals surface area contributed by atoms with E-state index in [4.69, 9.17) is 18.9 Å². The maximum absolute atomic E-state index is 6.15. The van der Waals surface area contributed by atoms with Crippen molar-refractivity contribution in [2.75, 3.05) is 20.8 Å². The highest BCUT2D eigenvalue weighted by atomic mass is 16.5. The molecule has 0 spiro atoms. The van der Waals surface area contributed by atoms with Gasteiger partial charge in [0.2, 0.25) is 0 Å². The number of benzene rings is 4. The van der Waals surface area contributed by atoms with Crippen LogP contribution in [0.15, 0.2) is 97.1 Å². The third kappa shape index (κ3) is 6.18. The molecule has 1 N–H and O–H groups in total. The summed E-state index contributed by atoms with van der Waals surface area (Å²) in [6.45, 7) is 1.83. The molecule has 0 fully saturated rings. The summed E-state index contributed by atoms with van der Waals surface area (Å²) in [6, 6.07) is 30.5. The Morgan fingerprint density at radius 1 is 0.763 bits per heavy atom. The van der Waals surface area contributed by atoms with Gasteiger partial charge in [-0.25, -0.2) is 0 Å². The topological polar surface area (TPSA) is 49.0 Å². The average Bonchev–Trinajstić information content (AvgIpc) is 2.98. The highest BCUT2D eigenvalue weighted by Gasteiger charge is 2.21. The SMILES string of the molecule is COc1ccc(C=CC2NCCc3cc(OCc4ccccc4)c(OC)cc32)cc1COc1ccccc1. The van der Waals surface area contributed by atoms with Gasteiger partial charge in [0, 0.05) is 12.1 Å².